The van der Waals surface area contributed by atoms with E-state index in [0.717, 1.165) is 16.8 Å². The minimum Gasteiger partial charge on any atom is -0.481 e. The van der Waals surface area contributed by atoms with E-state index in [1.165, 1.54) is 10.7 Å². The maximum Gasteiger partial charge on any atom is 0.264 e. The van der Waals surface area contributed by atoms with E-state index in [-0.39, 0.29) is 30.4 Å². The van der Waals surface area contributed by atoms with E-state index in [1.54, 1.807) is 6.07 Å². The number of nitrogens with zero attached hydrogens (tertiary/aromatic N) is 3. The minimum absolute atomic E-state index is 0.127. The Morgan fingerprint density at radius 1 is 1.32 bits per heavy atom. The summed E-state index contributed by atoms with van der Waals surface area (Å²) in [6.45, 7) is 2.05. The summed E-state index contributed by atoms with van der Waals surface area (Å²) in [7, 11) is 0. The van der Waals surface area contributed by atoms with Gasteiger partial charge in [0.1, 0.15) is 18.2 Å². The van der Waals surface area contributed by atoms with Gasteiger partial charge in [0.25, 0.3) is 5.56 Å². The van der Waals surface area contributed by atoms with Gasteiger partial charge in [-0.1, -0.05) is 18.1 Å². The number of fused-ring (bicyclic) bond motifs is 1. The highest BCUT2D eigenvalue weighted by Gasteiger charge is 2.33. The first-order valence-electron chi connectivity index (χ1n) is 8.68. The summed E-state index contributed by atoms with van der Waals surface area (Å²) in [5.41, 5.74) is 2.29. The van der Waals surface area contributed by atoms with Crippen LogP contribution in [0.15, 0.2) is 41.2 Å². The van der Waals surface area contributed by atoms with Gasteiger partial charge in [-0.3, -0.25) is 9.59 Å². The second-order valence-corrected chi connectivity index (χ2v) is 6.41. The molecule has 4 rings (SSSR count). The third-order valence-electron chi connectivity index (χ3n) is 4.57. The number of anilines is 1. The molecule has 0 saturated carbocycles. The summed E-state index contributed by atoms with van der Waals surface area (Å²) in [6, 6.07) is 10.4. The van der Waals surface area contributed by atoms with Gasteiger partial charge in [-0.25, -0.2) is 5.10 Å². The van der Waals surface area contributed by atoms with E-state index in [9.17, 15) is 9.59 Å². The van der Waals surface area contributed by atoms with Gasteiger partial charge < -0.3 is 10.1 Å². The lowest BCUT2D eigenvalue weighted by molar-refractivity contribution is -0.116. The zero-order chi connectivity index (χ0) is 19.7. The summed E-state index contributed by atoms with van der Waals surface area (Å²) in [5.74, 6) is 3.74. The van der Waals surface area contributed by atoms with Gasteiger partial charge in [0.15, 0.2) is 5.82 Å². The lowest BCUT2D eigenvalue weighted by Crippen LogP contribution is -2.25. The summed E-state index contributed by atoms with van der Waals surface area (Å²) in [4.78, 5) is 23.7. The first-order chi connectivity index (χ1) is 13.6. The standard InChI is InChI=1S/C20H17N5O3/c1-3-9-28-14-6-4-5-13(10-14)15-11-18(27)21-20-19(15)12(2)24-25(20)16-7-8-17(26)23-22-16/h1,4-8,10,15H,9,11H2,2H3,(H,21,27)(H,23,26)/t15-/m1/s1. The molecule has 2 N–H and O–H groups in total. The number of hydrogen-bond acceptors (Lipinski definition) is 5. The van der Waals surface area contributed by atoms with Crippen molar-refractivity contribution in [3.63, 3.8) is 0 Å². The molecule has 28 heavy (non-hydrogen) atoms. The molecule has 2 aromatic heterocycles. The van der Waals surface area contributed by atoms with Crippen LogP contribution in [-0.4, -0.2) is 32.5 Å². The van der Waals surface area contributed by atoms with Gasteiger partial charge in [-0.05, 0) is 30.7 Å². The number of ether oxygens (including phenoxy) is 1. The first kappa shape index (κ1) is 17.5. The molecular formula is C20H17N5O3. The molecule has 1 aliphatic rings. The molecule has 3 heterocycles. The number of hydrogen-bond donors (Lipinski definition) is 2. The molecule has 1 atom stereocenters. The van der Waals surface area contributed by atoms with Gasteiger partial charge in [-0.2, -0.15) is 14.9 Å². The molecular weight excluding hydrogens is 358 g/mol. The van der Waals surface area contributed by atoms with E-state index in [0.29, 0.717) is 17.4 Å². The monoisotopic (exact) mass is 375 g/mol. The first-order valence-corrected chi connectivity index (χ1v) is 8.68. The van der Waals surface area contributed by atoms with Crippen LogP contribution in [-0.2, 0) is 4.79 Å². The van der Waals surface area contributed by atoms with Crippen molar-refractivity contribution in [2.24, 2.45) is 0 Å². The lowest BCUT2D eigenvalue weighted by atomic mass is 9.86. The third-order valence-corrected chi connectivity index (χ3v) is 4.57. The van der Waals surface area contributed by atoms with E-state index < -0.39 is 0 Å². The van der Waals surface area contributed by atoms with Crippen molar-refractivity contribution >= 4 is 11.7 Å². The molecule has 8 nitrogen and oxygen atoms in total. The number of nitrogens with one attached hydrogen (secondary N) is 2. The van der Waals surface area contributed by atoms with Crippen LogP contribution < -0.4 is 15.6 Å². The molecule has 0 unspecified atom stereocenters. The summed E-state index contributed by atoms with van der Waals surface area (Å²) in [6.07, 6.45) is 5.55. The van der Waals surface area contributed by atoms with Crippen LogP contribution in [0.1, 0.15) is 29.2 Å². The Bertz CT molecular complexity index is 1130. The summed E-state index contributed by atoms with van der Waals surface area (Å²) >= 11 is 0. The highest BCUT2D eigenvalue weighted by atomic mass is 16.5. The molecule has 0 radical (unpaired) electrons. The molecule has 0 fully saturated rings. The number of benzene rings is 1. The molecule has 3 aromatic rings. The average molecular weight is 375 g/mol. The van der Waals surface area contributed by atoms with Crippen molar-refractivity contribution < 1.29 is 9.53 Å². The fourth-order valence-electron chi connectivity index (χ4n) is 3.40. The van der Waals surface area contributed by atoms with Gasteiger partial charge in [0.2, 0.25) is 5.91 Å². The van der Waals surface area contributed by atoms with Crippen LogP contribution in [0.5, 0.6) is 5.75 Å². The number of amides is 1. The molecule has 1 aliphatic heterocycles. The van der Waals surface area contributed by atoms with Crippen LogP contribution in [0.2, 0.25) is 0 Å². The Hall–Kier alpha value is -3.86. The summed E-state index contributed by atoms with van der Waals surface area (Å²) < 4.78 is 7.05. The van der Waals surface area contributed by atoms with Crippen molar-refractivity contribution in [2.75, 3.05) is 11.9 Å². The van der Waals surface area contributed by atoms with Crippen molar-refractivity contribution in [1.29, 1.82) is 0 Å². The predicted molar refractivity (Wildman–Crippen MR) is 103 cm³/mol. The largest absolute Gasteiger partial charge is 0.481 e. The second kappa shape index (κ2) is 7.04. The quantitative estimate of drug-likeness (QED) is 0.677. The predicted octanol–water partition coefficient (Wildman–Crippen LogP) is 1.75. The smallest absolute Gasteiger partial charge is 0.264 e. The van der Waals surface area contributed by atoms with Gasteiger partial charge in [0, 0.05) is 24.0 Å². The zero-order valence-electron chi connectivity index (χ0n) is 15.1. The zero-order valence-corrected chi connectivity index (χ0v) is 15.1. The maximum absolute atomic E-state index is 12.4. The Morgan fingerprint density at radius 2 is 2.18 bits per heavy atom. The SMILES string of the molecule is C#CCOc1cccc([C@H]2CC(=O)Nc3c2c(C)nn3-c2ccc(=O)[nH]n2)c1. The Balaban J connectivity index is 1.80. The molecule has 0 saturated heterocycles. The highest BCUT2D eigenvalue weighted by molar-refractivity contribution is 5.95. The van der Waals surface area contributed by atoms with Crippen molar-refractivity contribution in [3.8, 4) is 23.9 Å². The number of aromatic nitrogens is 4. The Labute approximate surface area is 160 Å². The van der Waals surface area contributed by atoms with Gasteiger partial charge in [-0.15, -0.1) is 6.42 Å². The van der Waals surface area contributed by atoms with Crippen molar-refractivity contribution in [1.82, 2.24) is 20.0 Å². The normalized spacial score (nSPS) is 15.4. The third kappa shape index (κ3) is 3.14. The second-order valence-electron chi connectivity index (χ2n) is 6.41. The number of aromatic amines is 1. The van der Waals surface area contributed by atoms with E-state index in [4.69, 9.17) is 11.2 Å². The fourth-order valence-corrected chi connectivity index (χ4v) is 3.40. The highest BCUT2D eigenvalue weighted by Crippen LogP contribution is 2.40. The summed E-state index contributed by atoms with van der Waals surface area (Å²) in [5, 5.41) is 13.8. The molecule has 1 amide bonds. The van der Waals surface area contributed by atoms with E-state index >= 15 is 0 Å². The lowest BCUT2D eigenvalue weighted by Gasteiger charge is -2.24. The van der Waals surface area contributed by atoms with Gasteiger partial charge in [0.05, 0.1) is 5.69 Å². The van der Waals surface area contributed by atoms with Gasteiger partial charge >= 0.3 is 0 Å². The minimum atomic E-state index is -0.313. The number of carbonyl (C=O) groups is 1. The van der Waals surface area contributed by atoms with Crippen molar-refractivity contribution in [3.05, 3.63) is 63.6 Å². The van der Waals surface area contributed by atoms with E-state index in [1.807, 2.05) is 31.2 Å². The van der Waals surface area contributed by atoms with E-state index in [2.05, 4.69) is 26.5 Å². The molecule has 0 aliphatic carbocycles. The number of terminal acetylenes is 1. The van der Waals surface area contributed by atoms with Crippen LogP contribution >= 0.6 is 0 Å². The Kier molecular flexibility index (Phi) is 4.41. The maximum atomic E-state index is 12.4. The molecule has 0 bridgehead atoms. The van der Waals surface area contributed by atoms with Crippen LogP contribution in [0.25, 0.3) is 5.82 Å². The number of H-pyrrole nitrogens is 1. The molecule has 8 heteroatoms. The van der Waals surface area contributed by atoms with Crippen LogP contribution in [0.3, 0.4) is 0 Å². The topological polar surface area (TPSA) is 102 Å². The van der Waals surface area contributed by atoms with Crippen molar-refractivity contribution in [2.45, 2.75) is 19.3 Å². The number of rotatable bonds is 4. The molecule has 0 spiro atoms. The fraction of sp³-hybridized carbons (Fsp3) is 0.200. The van der Waals surface area contributed by atoms with Crippen LogP contribution in [0.4, 0.5) is 5.82 Å². The Morgan fingerprint density at radius 3 is 2.93 bits per heavy atom. The average Bonchev–Trinajstić information content (AvgIpc) is 3.03. The molecule has 1 aromatic carbocycles. The number of carbonyl (C=O) groups excluding carboxylic acids is 1. The molecule has 140 valence electrons. The number of aryl methyl sites for hydroxylation is 1. The van der Waals surface area contributed by atoms with Crippen LogP contribution in [0, 0.1) is 19.3 Å².